The molecule has 6 rings (SSSR count). The summed E-state index contributed by atoms with van der Waals surface area (Å²) in [7, 11) is 0. The number of hydrogen-bond acceptors (Lipinski definition) is 5. The van der Waals surface area contributed by atoms with Gasteiger partial charge in [0.05, 0.1) is 11.4 Å². The topological polar surface area (TPSA) is 78.7 Å². The van der Waals surface area contributed by atoms with Crippen LogP contribution in [0, 0.1) is 0 Å². The SMILES string of the molecule is O=C(NCCCN1CCCC1)c1ccc(Nc2ccc(-c3ccc4c(c3)CCC4=O)n3ccnc23)cc1. The molecule has 0 atom stereocenters. The zero-order valence-corrected chi connectivity index (χ0v) is 20.9. The minimum Gasteiger partial charge on any atom is -0.352 e. The normalized spacial score (nSPS) is 15.3. The molecule has 4 aromatic rings. The van der Waals surface area contributed by atoms with Crippen molar-refractivity contribution in [1.82, 2.24) is 19.6 Å². The summed E-state index contributed by atoms with van der Waals surface area (Å²) in [6.07, 6.45) is 8.71. The number of ketones is 1. The number of carbonyl (C=O) groups excluding carboxylic acids is 2. The van der Waals surface area contributed by atoms with Gasteiger partial charge in [0, 0.05) is 42.2 Å². The van der Waals surface area contributed by atoms with Crippen LogP contribution in [0.3, 0.4) is 0 Å². The summed E-state index contributed by atoms with van der Waals surface area (Å²) in [5.41, 5.74) is 7.30. The maximum atomic E-state index is 12.5. The van der Waals surface area contributed by atoms with Gasteiger partial charge in [-0.15, -0.1) is 0 Å². The van der Waals surface area contributed by atoms with Crippen molar-refractivity contribution in [3.63, 3.8) is 0 Å². The van der Waals surface area contributed by atoms with Gasteiger partial charge in [-0.2, -0.15) is 0 Å². The average Bonchev–Trinajstić information content (AvgIpc) is 3.69. The Hall–Kier alpha value is -3.97. The van der Waals surface area contributed by atoms with Gasteiger partial charge in [0.2, 0.25) is 0 Å². The number of benzene rings is 2. The monoisotopic (exact) mass is 493 g/mol. The highest BCUT2D eigenvalue weighted by Gasteiger charge is 2.20. The number of amides is 1. The number of likely N-dealkylation sites (tertiary alicyclic amines) is 1. The molecule has 7 nitrogen and oxygen atoms in total. The van der Waals surface area contributed by atoms with Crippen molar-refractivity contribution < 1.29 is 9.59 Å². The maximum absolute atomic E-state index is 12.5. The maximum Gasteiger partial charge on any atom is 0.251 e. The Kier molecular flexibility index (Phi) is 6.45. The van der Waals surface area contributed by atoms with Gasteiger partial charge in [0.15, 0.2) is 11.4 Å². The third-order valence-corrected chi connectivity index (χ3v) is 7.43. The first-order valence-corrected chi connectivity index (χ1v) is 13.2. The fourth-order valence-corrected chi connectivity index (χ4v) is 5.44. The van der Waals surface area contributed by atoms with Crippen LogP contribution in [0.25, 0.3) is 16.9 Å². The first-order valence-electron chi connectivity index (χ1n) is 13.2. The standard InChI is InChI=1S/C30H31N5O2/c36-28-13-7-22-20-23(6-10-25(22)28)27-12-11-26(29-31-15-19-35(27)29)33-24-8-4-21(5-9-24)30(37)32-14-3-18-34-16-1-2-17-34/h4-6,8-12,15,19-20,33H,1-3,7,13-14,16-18H2,(H,32,37). The molecule has 0 unspecified atom stereocenters. The second-order valence-electron chi connectivity index (χ2n) is 9.91. The molecule has 2 aromatic heterocycles. The summed E-state index contributed by atoms with van der Waals surface area (Å²) >= 11 is 0. The molecule has 0 bridgehead atoms. The third kappa shape index (κ3) is 4.87. The number of pyridine rings is 1. The first-order chi connectivity index (χ1) is 18.2. The summed E-state index contributed by atoms with van der Waals surface area (Å²) < 4.78 is 2.06. The molecule has 2 N–H and O–H groups in total. The predicted molar refractivity (Wildman–Crippen MR) is 146 cm³/mol. The van der Waals surface area contributed by atoms with Crippen LogP contribution in [-0.4, -0.2) is 52.2 Å². The van der Waals surface area contributed by atoms with E-state index in [1.54, 1.807) is 6.20 Å². The number of aryl methyl sites for hydroxylation is 1. The number of carbonyl (C=O) groups is 2. The smallest absolute Gasteiger partial charge is 0.251 e. The molecule has 1 fully saturated rings. The van der Waals surface area contributed by atoms with Crippen LogP contribution in [0.5, 0.6) is 0 Å². The number of nitrogens with zero attached hydrogens (tertiary/aromatic N) is 3. The van der Waals surface area contributed by atoms with Crippen molar-refractivity contribution in [2.75, 3.05) is 31.5 Å². The highest BCUT2D eigenvalue weighted by Crippen LogP contribution is 2.31. The minimum atomic E-state index is -0.0379. The lowest BCUT2D eigenvalue weighted by Crippen LogP contribution is -2.28. The van der Waals surface area contributed by atoms with E-state index in [1.807, 2.05) is 48.7 Å². The van der Waals surface area contributed by atoms with Crippen LogP contribution in [0.1, 0.15) is 52.0 Å². The number of fused-ring (bicyclic) bond motifs is 2. The summed E-state index contributed by atoms with van der Waals surface area (Å²) in [6, 6.07) is 17.7. The van der Waals surface area contributed by atoms with E-state index in [0.717, 1.165) is 58.8 Å². The van der Waals surface area contributed by atoms with Crippen LogP contribution in [0.15, 0.2) is 67.0 Å². The van der Waals surface area contributed by atoms with Crippen molar-refractivity contribution in [2.24, 2.45) is 0 Å². The van der Waals surface area contributed by atoms with Gasteiger partial charge in [-0.05, 0) is 98.9 Å². The molecule has 2 aliphatic rings. The van der Waals surface area contributed by atoms with E-state index in [0.29, 0.717) is 18.5 Å². The Labute approximate surface area is 216 Å². The lowest BCUT2D eigenvalue weighted by molar-refractivity contribution is 0.0950. The lowest BCUT2D eigenvalue weighted by Gasteiger charge is -2.14. The molecule has 3 heterocycles. The molecule has 188 valence electrons. The van der Waals surface area contributed by atoms with E-state index in [2.05, 4.69) is 37.1 Å². The van der Waals surface area contributed by atoms with Gasteiger partial charge >= 0.3 is 0 Å². The molecule has 37 heavy (non-hydrogen) atoms. The predicted octanol–water partition coefficient (Wildman–Crippen LogP) is 5.09. The quantitative estimate of drug-likeness (QED) is 0.334. The van der Waals surface area contributed by atoms with Crippen LogP contribution in [0.4, 0.5) is 11.4 Å². The van der Waals surface area contributed by atoms with Gasteiger partial charge < -0.3 is 15.5 Å². The van der Waals surface area contributed by atoms with Crippen molar-refractivity contribution in [3.05, 3.63) is 83.7 Å². The molecule has 0 radical (unpaired) electrons. The van der Waals surface area contributed by atoms with Gasteiger partial charge in [-0.25, -0.2) is 4.98 Å². The Morgan fingerprint density at radius 2 is 1.81 bits per heavy atom. The molecular weight excluding hydrogens is 462 g/mol. The van der Waals surface area contributed by atoms with Crippen LogP contribution in [-0.2, 0) is 6.42 Å². The number of imidazole rings is 1. The lowest BCUT2D eigenvalue weighted by atomic mass is 10.0. The number of rotatable bonds is 8. The molecular formula is C30H31N5O2. The number of Topliss-reactive ketones (excluding diaryl/α,β-unsaturated/α-hetero) is 1. The summed E-state index contributed by atoms with van der Waals surface area (Å²) in [4.78, 5) is 31.6. The molecule has 2 aromatic carbocycles. The van der Waals surface area contributed by atoms with Gasteiger partial charge in [0.25, 0.3) is 5.91 Å². The van der Waals surface area contributed by atoms with Gasteiger partial charge in [-0.1, -0.05) is 12.1 Å². The fraction of sp³-hybridized carbons (Fsp3) is 0.300. The van der Waals surface area contributed by atoms with E-state index in [4.69, 9.17) is 0 Å². The number of hydrogen-bond donors (Lipinski definition) is 2. The number of nitrogens with one attached hydrogen (secondary N) is 2. The third-order valence-electron chi connectivity index (χ3n) is 7.43. The Morgan fingerprint density at radius 3 is 2.65 bits per heavy atom. The molecule has 7 heteroatoms. The van der Waals surface area contributed by atoms with Gasteiger partial charge in [0.1, 0.15) is 0 Å². The molecule has 0 spiro atoms. The van der Waals surface area contributed by atoms with Crippen LogP contribution in [0.2, 0.25) is 0 Å². The average molecular weight is 494 g/mol. The zero-order valence-electron chi connectivity index (χ0n) is 20.9. The zero-order chi connectivity index (χ0) is 25.2. The molecule has 1 aliphatic heterocycles. The van der Waals surface area contributed by atoms with E-state index in [9.17, 15) is 9.59 Å². The number of anilines is 2. The fourth-order valence-electron chi connectivity index (χ4n) is 5.44. The van der Waals surface area contributed by atoms with E-state index < -0.39 is 0 Å². The van der Waals surface area contributed by atoms with E-state index in [-0.39, 0.29) is 11.7 Å². The highest BCUT2D eigenvalue weighted by atomic mass is 16.1. The Bertz CT molecular complexity index is 1450. The van der Waals surface area contributed by atoms with Crippen molar-refractivity contribution in [2.45, 2.75) is 32.1 Å². The van der Waals surface area contributed by atoms with E-state index in [1.165, 1.54) is 25.9 Å². The summed E-state index contributed by atoms with van der Waals surface area (Å²) in [5, 5.41) is 6.48. The van der Waals surface area contributed by atoms with Crippen molar-refractivity contribution >= 4 is 28.7 Å². The summed E-state index contributed by atoms with van der Waals surface area (Å²) in [6.45, 7) is 4.12. The Morgan fingerprint density at radius 1 is 0.973 bits per heavy atom. The van der Waals surface area contributed by atoms with Crippen molar-refractivity contribution in [1.29, 1.82) is 0 Å². The first kappa shape index (κ1) is 23.4. The number of aromatic nitrogens is 2. The summed E-state index contributed by atoms with van der Waals surface area (Å²) in [5.74, 6) is 0.193. The second-order valence-corrected chi connectivity index (χ2v) is 9.91. The minimum absolute atomic E-state index is 0.0379. The molecule has 0 saturated carbocycles. The van der Waals surface area contributed by atoms with E-state index >= 15 is 0 Å². The molecule has 1 aliphatic carbocycles. The van der Waals surface area contributed by atoms with Crippen LogP contribution >= 0.6 is 0 Å². The Balaban J connectivity index is 1.12. The second kappa shape index (κ2) is 10.2. The molecule has 1 amide bonds. The highest BCUT2D eigenvalue weighted by molar-refractivity contribution is 6.01. The van der Waals surface area contributed by atoms with Crippen molar-refractivity contribution in [3.8, 4) is 11.3 Å². The largest absolute Gasteiger partial charge is 0.352 e. The molecule has 1 saturated heterocycles. The van der Waals surface area contributed by atoms with Crippen LogP contribution < -0.4 is 10.6 Å². The van der Waals surface area contributed by atoms with Gasteiger partial charge in [-0.3, -0.25) is 14.0 Å².